The Hall–Kier alpha value is -1.31. The van der Waals surface area contributed by atoms with Crippen molar-refractivity contribution in [1.29, 1.82) is 0 Å². The number of aromatic amines is 1. The zero-order chi connectivity index (χ0) is 7.40. The van der Waals surface area contributed by atoms with E-state index in [9.17, 15) is 0 Å². The number of nitrogens with zero attached hydrogens (tertiary/aromatic N) is 1. The van der Waals surface area contributed by atoms with E-state index >= 15 is 0 Å². The molecule has 0 aliphatic rings. The van der Waals surface area contributed by atoms with E-state index in [0.717, 1.165) is 11.3 Å². The van der Waals surface area contributed by atoms with Gasteiger partial charge in [0.05, 0.1) is 0 Å². The van der Waals surface area contributed by atoms with Crippen LogP contribution in [0.25, 0.3) is 0 Å². The van der Waals surface area contributed by atoms with Crippen molar-refractivity contribution < 1.29 is 0 Å². The molecule has 2 nitrogen and oxygen atoms in total. The minimum atomic E-state index is 1.11. The summed E-state index contributed by atoms with van der Waals surface area (Å²) in [6.07, 6.45) is 5.19. The fourth-order valence-corrected chi connectivity index (χ4v) is 0.738. The monoisotopic (exact) mass is 134 g/mol. The Morgan fingerprint density at radius 2 is 2.50 bits per heavy atom. The van der Waals surface area contributed by atoms with Gasteiger partial charge in [0.1, 0.15) is 0 Å². The number of aliphatic imine (C=N–C) groups is 1. The zero-order valence-corrected chi connectivity index (χ0v) is 5.96. The van der Waals surface area contributed by atoms with Crippen LogP contribution in [-0.2, 0) is 0 Å². The predicted molar refractivity (Wildman–Crippen MR) is 43.3 cm³/mol. The average molecular weight is 134 g/mol. The zero-order valence-electron chi connectivity index (χ0n) is 5.96. The number of hydrogen-bond acceptors (Lipinski definition) is 1. The van der Waals surface area contributed by atoms with Crippen molar-refractivity contribution >= 4 is 6.21 Å². The highest BCUT2D eigenvalue weighted by molar-refractivity contribution is 5.81. The van der Waals surface area contributed by atoms with Gasteiger partial charge in [0.2, 0.25) is 0 Å². The van der Waals surface area contributed by atoms with E-state index in [1.807, 2.05) is 19.2 Å². The van der Waals surface area contributed by atoms with E-state index in [4.69, 9.17) is 0 Å². The molecule has 10 heavy (non-hydrogen) atoms. The molecule has 1 heterocycles. The maximum atomic E-state index is 3.89. The molecule has 2 heteroatoms. The third-order valence-electron chi connectivity index (χ3n) is 1.31. The first-order valence-electron chi connectivity index (χ1n) is 3.12. The Morgan fingerprint density at radius 1 is 1.70 bits per heavy atom. The van der Waals surface area contributed by atoms with Crippen LogP contribution < -0.4 is 0 Å². The lowest BCUT2D eigenvalue weighted by Crippen LogP contribution is -1.79. The van der Waals surface area contributed by atoms with Crippen molar-refractivity contribution in [3.05, 3.63) is 36.3 Å². The smallest absolute Gasteiger partial charge is 0.0357 e. The summed E-state index contributed by atoms with van der Waals surface area (Å²) in [5.41, 5.74) is 2.24. The first kappa shape index (κ1) is 6.81. The third kappa shape index (κ3) is 1.35. The highest BCUT2D eigenvalue weighted by Crippen LogP contribution is 2.00. The molecule has 0 aromatic carbocycles. The number of aromatic nitrogens is 1. The van der Waals surface area contributed by atoms with Crippen LogP contribution in [-0.4, -0.2) is 11.2 Å². The molecule has 0 saturated carbocycles. The molecule has 1 aromatic rings. The fraction of sp³-hybridized carbons (Fsp3) is 0.125. The average Bonchev–Trinajstić information content (AvgIpc) is 2.31. The molecule has 1 rings (SSSR count). The van der Waals surface area contributed by atoms with Gasteiger partial charge in [0.25, 0.3) is 0 Å². The van der Waals surface area contributed by atoms with Gasteiger partial charge < -0.3 is 4.98 Å². The lowest BCUT2D eigenvalue weighted by molar-refractivity contribution is 1.26. The second kappa shape index (κ2) is 3.01. The Morgan fingerprint density at radius 3 is 3.00 bits per heavy atom. The second-order valence-electron chi connectivity index (χ2n) is 2.02. The molecule has 0 aliphatic carbocycles. The first-order valence-corrected chi connectivity index (χ1v) is 3.12. The Labute approximate surface area is 60.3 Å². The number of hydrogen-bond donors (Lipinski definition) is 1. The Bertz CT molecular complexity index is 246. The Balaban J connectivity index is 2.83. The third-order valence-corrected chi connectivity index (χ3v) is 1.31. The SMILES string of the molecule is C=CN=Cc1cc[nH]c1C. The molecule has 0 saturated heterocycles. The minimum absolute atomic E-state index is 1.11. The van der Waals surface area contributed by atoms with Crippen LogP contribution in [0.5, 0.6) is 0 Å². The molecule has 1 aromatic heterocycles. The van der Waals surface area contributed by atoms with Crippen LogP contribution in [0, 0.1) is 6.92 Å². The van der Waals surface area contributed by atoms with Crippen molar-refractivity contribution in [3.8, 4) is 0 Å². The van der Waals surface area contributed by atoms with Crippen LogP contribution in [0.2, 0.25) is 0 Å². The molecule has 0 aliphatic heterocycles. The number of aryl methyl sites for hydroxylation is 1. The van der Waals surface area contributed by atoms with Gasteiger partial charge in [-0.2, -0.15) is 0 Å². The molecule has 0 spiro atoms. The summed E-state index contributed by atoms with van der Waals surface area (Å²) in [6, 6.07) is 1.97. The van der Waals surface area contributed by atoms with Crippen molar-refractivity contribution in [2.75, 3.05) is 0 Å². The molecule has 0 atom stereocenters. The van der Waals surface area contributed by atoms with E-state index in [0.29, 0.717) is 0 Å². The van der Waals surface area contributed by atoms with E-state index in [1.54, 1.807) is 6.21 Å². The van der Waals surface area contributed by atoms with Gasteiger partial charge in [-0.25, -0.2) is 0 Å². The van der Waals surface area contributed by atoms with Crippen LogP contribution in [0.1, 0.15) is 11.3 Å². The molecule has 0 amide bonds. The highest BCUT2D eigenvalue weighted by atomic mass is 14.7. The summed E-state index contributed by atoms with van der Waals surface area (Å²) in [4.78, 5) is 6.95. The topological polar surface area (TPSA) is 28.1 Å². The van der Waals surface area contributed by atoms with Crippen molar-refractivity contribution in [2.45, 2.75) is 6.92 Å². The van der Waals surface area contributed by atoms with Gasteiger partial charge >= 0.3 is 0 Å². The normalized spacial score (nSPS) is 10.5. The highest BCUT2D eigenvalue weighted by Gasteiger charge is 1.91. The van der Waals surface area contributed by atoms with Gasteiger partial charge in [-0.15, -0.1) is 0 Å². The summed E-state index contributed by atoms with van der Waals surface area (Å²) < 4.78 is 0. The molecule has 0 fully saturated rings. The molecular weight excluding hydrogens is 124 g/mol. The summed E-state index contributed by atoms with van der Waals surface area (Å²) >= 11 is 0. The van der Waals surface area contributed by atoms with E-state index in [1.165, 1.54) is 6.20 Å². The van der Waals surface area contributed by atoms with Gasteiger partial charge in [0.15, 0.2) is 0 Å². The minimum Gasteiger partial charge on any atom is -0.365 e. The maximum absolute atomic E-state index is 3.89. The first-order chi connectivity index (χ1) is 4.84. The van der Waals surface area contributed by atoms with Gasteiger partial charge in [-0.1, -0.05) is 6.58 Å². The predicted octanol–water partition coefficient (Wildman–Crippen LogP) is 1.89. The molecule has 0 unspecified atom stereocenters. The van der Waals surface area contributed by atoms with Crippen molar-refractivity contribution in [1.82, 2.24) is 4.98 Å². The van der Waals surface area contributed by atoms with E-state index in [-0.39, 0.29) is 0 Å². The van der Waals surface area contributed by atoms with E-state index in [2.05, 4.69) is 16.6 Å². The van der Waals surface area contributed by atoms with Crippen LogP contribution in [0.4, 0.5) is 0 Å². The lowest BCUT2D eigenvalue weighted by atomic mass is 10.3. The fourth-order valence-electron chi connectivity index (χ4n) is 0.738. The summed E-state index contributed by atoms with van der Waals surface area (Å²) in [7, 11) is 0. The standard InChI is InChI=1S/C8H10N2/c1-3-9-6-8-4-5-10-7(8)2/h3-6,10H,1H2,2H3. The molecular formula is C8H10N2. The number of H-pyrrole nitrogens is 1. The summed E-state index contributed by atoms with van der Waals surface area (Å²) in [5.74, 6) is 0. The number of rotatable bonds is 2. The van der Waals surface area contributed by atoms with Crippen molar-refractivity contribution in [2.24, 2.45) is 4.99 Å². The van der Waals surface area contributed by atoms with E-state index < -0.39 is 0 Å². The maximum Gasteiger partial charge on any atom is 0.0357 e. The van der Waals surface area contributed by atoms with Gasteiger partial charge in [-0.05, 0) is 13.0 Å². The Kier molecular flexibility index (Phi) is 2.05. The summed E-state index contributed by atoms with van der Waals surface area (Å²) in [5, 5.41) is 0. The molecule has 52 valence electrons. The molecule has 0 radical (unpaired) electrons. The lowest BCUT2D eigenvalue weighted by Gasteiger charge is -1.85. The number of nitrogens with one attached hydrogen (secondary N) is 1. The second-order valence-corrected chi connectivity index (χ2v) is 2.02. The largest absolute Gasteiger partial charge is 0.365 e. The quantitative estimate of drug-likeness (QED) is 0.598. The molecule has 1 N–H and O–H groups in total. The molecule has 0 bridgehead atoms. The van der Waals surface area contributed by atoms with Crippen LogP contribution >= 0.6 is 0 Å². The van der Waals surface area contributed by atoms with Crippen molar-refractivity contribution in [3.63, 3.8) is 0 Å². The van der Waals surface area contributed by atoms with Crippen LogP contribution in [0.15, 0.2) is 30.0 Å². The van der Waals surface area contributed by atoms with Gasteiger partial charge in [0, 0.05) is 29.9 Å². The van der Waals surface area contributed by atoms with Crippen LogP contribution in [0.3, 0.4) is 0 Å². The van der Waals surface area contributed by atoms with Gasteiger partial charge in [-0.3, -0.25) is 4.99 Å². The summed E-state index contributed by atoms with van der Waals surface area (Å²) in [6.45, 7) is 5.49.